The lowest BCUT2D eigenvalue weighted by Gasteiger charge is -2.03. The highest BCUT2D eigenvalue weighted by Gasteiger charge is 2.15. The van der Waals surface area contributed by atoms with Crippen molar-refractivity contribution in [2.45, 2.75) is 0 Å². The molecular weight excluding hydrogens is 355 g/mol. The van der Waals surface area contributed by atoms with E-state index in [9.17, 15) is 4.39 Å². The van der Waals surface area contributed by atoms with Gasteiger partial charge in [0.1, 0.15) is 12.1 Å². The van der Waals surface area contributed by atoms with Crippen LogP contribution >= 0.6 is 11.6 Å². The molecule has 0 atom stereocenters. The summed E-state index contributed by atoms with van der Waals surface area (Å²) >= 11 is 6.08. The molecule has 0 radical (unpaired) electrons. The maximum absolute atomic E-state index is 13.2. The van der Waals surface area contributed by atoms with Crippen LogP contribution in [-0.4, -0.2) is 29.4 Å². The van der Waals surface area contributed by atoms with Crippen LogP contribution in [0.15, 0.2) is 61.1 Å². The number of hydrogen-bond donors (Lipinski definition) is 0. The van der Waals surface area contributed by atoms with Crippen LogP contribution in [0.25, 0.3) is 33.8 Å². The molecule has 0 aliphatic carbocycles. The molecule has 0 fully saturated rings. The summed E-state index contributed by atoms with van der Waals surface area (Å²) in [7, 11) is 0. The Morgan fingerprint density at radius 1 is 0.962 bits per heavy atom. The topological polar surface area (TPSA) is 60.9 Å². The molecule has 3 aromatic heterocycles. The van der Waals surface area contributed by atoms with Crippen molar-refractivity contribution in [3.05, 3.63) is 71.9 Å². The second kappa shape index (κ2) is 5.60. The van der Waals surface area contributed by atoms with E-state index in [4.69, 9.17) is 11.6 Å². The van der Waals surface area contributed by atoms with E-state index < -0.39 is 0 Å². The van der Waals surface area contributed by atoms with Crippen LogP contribution in [0.2, 0.25) is 5.02 Å². The molecule has 0 saturated carbocycles. The summed E-state index contributed by atoms with van der Waals surface area (Å²) in [6, 6.07) is 13.5. The highest BCUT2D eigenvalue weighted by atomic mass is 35.5. The Kier molecular flexibility index (Phi) is 3.23. The van der Waals surface area contributed by atoms with Gasteiger partial charge in [0, 0.05) is 10.6 Å². The van der Waals surface area contributed by atoms with Crippen molar-refractivity contribution in [3.8, 4) is 17.1 Å². The van der Waals surface area contributed by atoms with Crippen molar-refractivity contribution in [3.63, 3.8) is 0 Å². The summed E-state index contributed by atoms with van der Waals surface area (Å²) in [5.41, 5.74) is 2.82. The fraction of sp³-hybridized carbons (Fsp3) is 0. The second-order valence-electron chi connectivity index (χ2n) is 5.74. The van der Waals surface area contributed by atoms with Gasteiger partial charge in [0.2, 0.25) is 0 Å². The third kappa shape index (κ3) is 2.25. The molecular formula is C18H10ClFN6. The number of nitrogens with zero attached hydrogens (tertiary/aromatic N) is 6. The molecule has 0 N–H and O–H groups in total. The lowest BCUT2D eigenvalue weighted by Crippen LogP contribution is -1.99. The number of aromatic nitrogens is 6. The van der Waals surface area contributed by atoms with Gasteiger partial charge in [-0.2, -0.15) is 5.10 Å². The zero-order valence-electron chi connectivity index (χ0n) is 13.2. The smallest absolute Gasteiger partial charge is 0.175 e. The Hall–Kier alpha value is -3.32. The Morgan fingerprint density at radius 3 is 2.62 bits per heavy atom. The quantitative estimate of drug-likeness (QED) is 0.476. The number of benzene rings is 2. The van der Waals surface area contributed by atoms with Gasteiger partial charge >= 0.3 is 0 Å². The zero-order chi connectivity index (χ0) is 17.7. The van der Waals surface area contributed by atoms with Gasteiger partial charge in [0.15, 0.2) is 17.1 Å². The number of fused-ring (bicyclic) bond motifs is 3. The van der Waals surface area contributed by atoms with E-state index >= 15 is 0 Å². The molecule has 0 spiro atoms. The van der Waals surface area contributed by atoms with E-state index in [1.54, 1.807) is 39.8 Å². The van der Waals surface area contributed by atoms with Crippen molar-refractivity contribution < 1.29 is 4.39 Å². The summed E-state index contributed by atoms with van der Waals surface area (Å²) in [6.45, 7) is 0. The predicted octanol–water partition coefficient (Wildman–Crippen LogP) is 3.92. The second-order valence-corrected chi connectivity index (χ2v) is 6.18. The minimum absolute atomic E-state index is 0.302. The van der Waals surface area contributed by atoms with E-state index in [1.165, 1.54) is 12.1 Å². The monoisotopic (exact) mass is 364 g/mol. The van der Waals surface area contributed by atoms with Crippen LogP contribution in [0.3, 0.4) is 0 Å². The van der Waals surface area contributed by atoms with E-state index in [0.29, 0.717) is 27.8 Å². The van der Waals surface area contributed by atoms with Gasteiger partial charge in [0.05, 0.1) is 17.3 Å². The number of hydrogen-bond acceptors (Lipinski definition) is 4. The van der Waals surface area contributed by atoms with Gasteiger partial charge in [-0.15, -0.1) is 10.2 Å². The standard InChI is InChI=1S/C18H10ClFN6/c19-12-3-1-2-11(8-12)16-23-24-18-15-9-22-26(17(15)21-10-25(16)18)14-6-4-13(20)5-7-14/h1-10H. The van der Waals surface area contributed by atoms with Gasteiger partial charge in [-0.05, 0) is 36.4 Å². The van der Waals surface area contributed by atoms with Crippen molar-refractivity contribution in [1.82, 2.24) is 29.4 Å². The molecule has 2 aromatic carbocycles. The third-order valence-corrected chi connectivity index (χ3v) is 4.37. The van der Waals surface area contributed by atoms with Crippen LogP contribution < -0.4 is 0 Å². The number of halogens is 2. The first-order chi connectivity index (χ1) is 12.7. The van der Waals surface area contributed by atoms with Gasteiger partial charge in [-0.1, -0.05) is 23.7 Å². The first kappa shape index (κ1) is 15.0. The van der Waals surface area contributed by atoms with E-state index in [-0.39, 0.29) is 5.82 Å². The molecule has 8 heteroatoms. The summed E-state index contributed by atoms with van der Waals surface area (Å²) in [4.78, 5) is 4.51. The van der Waals surface area contributed by atoms with Crippen molar-refractivity contribution >= 4 is 28.3 Å². The van der Waals surface area contributed by atoms with Gasteiger partial charge < -0.3 is 0 Å². The minimum Gasteiger partial charge on any atom is -0.265 e. The van der Waals surface area contributed by atoms with E-state index in [1.807, 2.05) is 18.2 Å². The molecule has 26 heavy (non-hydrogen) atoms. The van der Waals surface area contributed by atoms with Crippen LogP contribution in [0, 0.1) is 5.82 Å². The summed E-state index contributed by atoms with van der Waals surface area (Å²) in [5.74, 6) is 0.343. The fourth-order valence-electron chi connectivity index (χ4n) is 2.92. The highest BCUT2D eigenvalue weighted by molar-refractivity contribution is 6.30. The molecule has 0 amide bonds. The zero-order valence-corrected chi connectivity index (χ0v) is 14.0. The molecule has 5 aromatic rings. The Morgan fingerprint density at radius 2 is 1.81 bits per heavy atom. The van der Waals surface area contributed by atoms with Crippen LogP contribution in [0.1, 0.15) is 0 Å². The first-order valence-electron chi connectivity index (χ1n) is 7.80. The van der Waals surface area contributed by atoms with Gasteiger partial charge in [-0.25, -0.2) is 14.1 Å². The minimum atomic E-state index is -0.302. The van der Waals surface area contributed by atoms with Crippen molar-refractivity contribution in [1.29, 1.82) is 0 Å². The lowest BCUT2D eigenvalue weighted by molar-refractivity contribution is 0.627. The number of rotatable bonds is 2. The summed E-state index contributed by atoms with van der Waals surface area (Å²) in [5, 5.41) is 14.3. The molecule has 0 aliphatic heterocycles. The molecule has 0 unspecified atom stereocenters. The lowest BCUT2D eigenvalue weighted by atomic mass is 10.2. The highest BCUT2D eigenvalue weighted by Crippen LogP contribution is 2.25. The molecule has 0 aliphatic rings. The largest absolute Gasteiger partial charge is 0.265 e. The average molecular weight is 365 g/mol. The van der Waals surface area contributed by atoms with E-state index in [0.717, 1.165) is 10.9 Å². The van der Waals surface area contributed by atoms with Crippen LogP contribution in [0.4, 0.5) is 4.39 Å². The molecule has 5 rings (SSSR count). The fourth-order valence-corrected chi connectivity index (χ4v) is 3.11. The third-order valence-electron chi connectivity index (χ3n) is 4.13. The Bertz CT molecular complexity index is 1260. The normalized spacial score (nSPS) is 11.5. The maximum Gasteiger partial charge on any atom is 0.175 e. The van der Waals surface area contributed by atoms with Crippen molar-refractivity contribution in [2.24, 2.45) is 0 Å². The maximum atomic E-state index is 13.2. The van der Waals surface area contributed by atoms with Crippen LogP contribution in [0.5, 0.6) is 0 Å². The van der Waals surface area contributed by atoms with Gasteiger partial charge in [-0.3, -0.25) is 4.40 Å². The van der Waals surface area contributed by atoms with Gasteiger partial charge in [0.25, 0.3) is 0 Å². The molecule has 6 nitrogen and oxygen atoms in total. The molecule has 0 bridgehead atoms. The van der Waals surface area contributed by atoms with Crippen LogP contribution in [-0.2, 0) is 0 Å². The van der Waals surface area contributed by atoms with Crippen molar-refractivity contribution in [2.75, 3.05) is 0 Å². The van der Waals surface area contributed by atoms with E-state index in [2.05, 4.69) is 20.3 Å². The summed E-state index contributed by atoms with van der Waals surface area (Å²) < 4.78 is 16.6. The molecule has 126 valence electrons. The Labute approximate surface area is 151 Å². The predicted molar refractivity (Wildman–Crippen MR) is 95.8 cm³/mol. The average Bonchev–Trinajstić information content (AvgIpc) is 3.26. The molecule has 3 heterocycles. The SMILES string of the molecule is Fc1ccc(-n2ncc3c2ncn2c(-c4cccc(Cl)c4)nnc32)cc1. The summed E-state index contributed by atoms with van der Waals surface area (Å²) in [6.07, 6.45) is 3.33. The molecule has 0 saturated heterocycles. The Balaban J connectivity index is 1.71. The first-order valence-corrected chi connectivity index (χ1v) is 8.18.